The Morgan fingerprint density at radius 3 is 2.23 bits per heavy atom. The van der Waals surface area contributed by atoms with Crippen molar-refractivity contribution in [3.05, 3.63) is 114 Å². The van der Waals surface area contributed by atoms with Gasteiger partial charge in [-0.25, -0.2) is 16.8 Å². The topological polar surface area (TPSA) is 162 Å². The molecule has 0 N–H and O–H groups in total. The zero-order valence-corrected chi connectivity index (χ0v) is 41.3. The molecule has 2 aromatic heterocycles. The predicted molar refractivity (Wildman–Crippen MR) is 239 cm³/mol. The number of anilines is 1. The van der Waals surface area contributed by atoms with Gasteiger partial charge in [0.05, 0.1) is 49.7 Å². The van der Waals surface area contributed by atoms with Gasteiger partial charge in [-0.05, 0) is 76.3 Å². The van der Waals surface area contributed by atoms with Gasteiger partial charge in [-0.1, -0.05) is 65.6 Å². The van der Waals surface area contributed by atoms with E-state index in [1.807, 2.05) is 99.0 Å². The van der Waals surface area contributed by atoms with E-state index in [-0.39, 0.29) is 48.0 Å². The van der Waals surface area contributed by atoms with Crippen molar-refractivity contribution >= 4 is 81.7 Å². The third-order valence-corrected chi connectivity index (χ3v) is 15.2. The van der Waals surface area contributed by atoms with E-state index >= 15 is 0 Å². The number of thioether (sulfide) groups is 1. The molecular formula is C43H50N3NaO9S5. The average Bonchev–Trinajstić information content (AvgIpc) is 3.85. The Bertz CT molecular complexity index is 2770. The molecule has 12 nitrogen and oxygen atoms in total. The van der Waals surface area contributed by atoms with Gasteiger partial charge in [0.2, 0.25) is 5.52 Å². The van der Waals surface area contributed by atoms with Crippen molar-refractivity contribution in [1.82, 2.24) is 4.57 Å². The van der Waals surface area contributed by atoms with Crippen LogP contribution in [0.25, 0.3) is 21.4 Å². The van der Waals surface area contributed by atoms with E-state index in [0.29, 0.717) is 63.2 Å². The predicted octanol–water partition coefficient (Wildman–Crippen LogP) is 3.07. The minimum Gasteiger partial charge on any atom is -0.748 e. The van der Waals surface area contributed by atoms with E-state index in [1.165, 1.54) is 11.3 Å². The SMILES string of the molecule is CCOCCC(c1sc2ccccc2[n+]1CCCCS(=O)(=O)[O-])=c1sc(=C(C=C2Sc3cc(C)c(OCC)cc3N2CCCCS(=O)(=O)[O-])c2ccccc2)c(=O)n1CC.[Na+]. The third kappa shape index (κ3) is 12.5. The maximum absolute atomic E-state index is 14.9. The minimum absolute atomic E-state index is 0. The van der Waals surface area contributed by atoms with Gasteiger partial charge in [-0.3, -0.25) is 9.36 Å². The molecule has 1 aliphatic heterocycles. The van der Waals surface area contributed by atoms with Crippen LogP contribution in [0.2, 0.25) is 0 Å². The number of aromatic nitrogens is 2. The van der Waals surface area contributed by atoms with Crippen LogP contribution in [0.4, 0.5) is 5.69 Å². The van der Waals surface area contributed by atoms with E-state index in [4.69, 9.17) is 9.47 Å². The normalized spacial score (nSPS) is 14.7. The van der Waals surface area contributed by atoms with Gasteiger partial charge in [0, 0.05) is 66.6 Å². The molecule has 0 bridgehead atoms. The molecule has 18 heteroatoms. The van der Waals surface area contributed by atoms with Crippen molar-refractivity contribution in [3.8, 4) is 5.75 Å². The maximum atomic E-state index is 14.9. The van der Waals surface area contributed by atoms with E-state index in [0.717, 1.165) is 63.5 Å². The summed E-state index contributed by atoms with van der Waals surface area (Å²) in [5, 5.41) is 1.78. The van der Waals surface area contributed by atoms with Gasteiger partial charge >= 0.3 is 29.6 Å². The molecule has 0 radical (unpaired) electrons. The first-order chi connectivity index (χ1) is 28.7. The molecule has 0 amide bonds. The number of hydrogen-bond acceptors (Lipinski definition) is 13. The van der Waals surface area contributed by atoms with Crippen LogP contribution in [0, 0.1) is 6.92 Å². The minimum atomic E-state index is -4.36. The van der Waals surface area contributed by atoms with Gasteiger partial charge in [-0.15, -0.1) is 11.3 Å². The largest absolute Gasteiger partial charge is 1.00 e. The van der Waals surface area contributed by atoms with Crippen molar-refractivity contribution < 1.29 is 69.5 Å². The zero-order valence-electron chi connectivity index (χ0n) is 35.2. The molecule has 3 aromatic carbocycles. The summed E-state index contributed by atoms with van der Waals surface area (Å²) in [5.41, 5.74) is 5.24. The molecule has 0 fully saturated rings. The Hall–Kier alpha value is -2.81. The van der Waals surface area contributed by atoms with Crippen LogP contribution >= 0.6 is 34.4 Å². The number of para-hydroxylation sites is 1. The Balaban J connectivity index is 0.00000704. The summed E-state index contributed by atoms with van der Waals surface area (Å²) in [6.45, 7) is 10.6. The summed E-state index contributed by atoms with van der Waals surface area (Å²) >= 11 is 4.60. The van der Waals surface area contributed by atoms with Crippen molar-refractivity contribution in [3.63, 3.8) is 0 Å². The first kappa shape index (κ1) is 49.2. The maximum Gasteiger partial charge on any atom is 1.00 e. The fraction of sp³-hybridized carbons (Fsp3) is 0.395. The average molecular weight is 936 g/mol. The van der Waals surface area contributed by atoms with Crippen LogP contribution in [-0.2, 0) is 38.1 Å². The molecule has 3 heterocycles. The van der Waals surface area contributed by atoms with E-state index in [2.05, 4.69) is 15.5 Å². The smallest absolute Gasteiger partial charge is 0.748 e. The van der Waals surface area contributed by atoms with Crippen molar-refractivity contribution in [2.24, 2.45) is 0 Å². The van der Waals surface area contributed by atoms with Gasteiger partial charge in [0.1, 0.15) is 19.6 Å². The summed E-state index contributed by atoms with van der Waals surface area (Å²) in [6.07, 6.45) is 3.91. The molecule has 0 atom stereocenters. The summed E-state index contributed by atoms with van der Waals surface area (Å²) < 4.78 is 87.0. The Morgan fingerprint density at radius 2 is 1.56 bits per heavy atom. The molecule has 0 saturated heterocycles. The van der Waals surface area contributed by atoms with Crippen LogP contribution in [0.5, 0.6) is 5.75 Å². The summed E-state index contributed by atoms with van der Waals surface area (Å²) in [6, 6.07) is 21.9. The first-order valence-electron chi connectivity index (χ1n) is 20.1. The second-order valence-electron chi connectivity index (χ2n) is 14.2. The third-order valence-electron chi connectivity index (χ3n) is 10.0. The fourth-order valence-corrected chi connectivity index (χ4v) is 12.2. The number of aryl methyl sites for hydroxylation is 2. The van der Waals surface area contributed by atoms with Crippen LogP contribution in [-0.4, -0.2) is 68.4 Å². The Kier molecular flexibility index (Phi) is 17.9. The Morgan fingerprint density at radius 1 is 0.869 bits per heavy atom. The molecule has 6 rings (SSSR count). The molecular weight excluding hydrogens is 886 g/mol. The van der Waals surface area contributed by atoms with Crippen molar-refractivity contribution in [2.45, 2.75) is 77.8 Å². The van der Waals surface area contributed by atoms with Gasteiger partial charge in [0.25, 0.3) is 10.6 Å². The Labute approximate surface area is 392 Å². The van der Waals surface area contributed by atoms with Crippen molar-refractivity contribution in [1.29, 1.82) is 0 Å². The number of rotatable bonds is 20. The molecule has 0 aliphatic carbocycles. The summed E-state index contributed by atoms with van der Waals surface area (Å²) in [4.78, 5) is 18.0. The van der Waals surface area contributed by atoms with Crippen LogP contribution in [0.15, 0.2) is 87.5 Å². The van der Waals surface area contributed by atoms with Gasteiger partial charge in [0.15, 0.2) is 6.54 Å². The van der Waals surface area contributed by atoms with Crippen LogP contribution < -0.4 is 58.5 Å². The molecule has 0 spiro atoms. The summed E-state index contributed by atoms with van der Waals surface area (Å²) in [5.74, 6) is -0.132. The molecule has 0 unspecified atom stereocenters. The molecule has 322 valence electrons. The molecule has 61 heavy (non-hydrogen) atoms. The molecule has 0 saturated carbocycles. The second kappa shape index (κ2) is 22.2. The van der Waals surface area contributed by atoms with Crippen molar-refractivity contribution in [2.75, 3.05) is 42.8 Å². The number of unbranched alkanes of at least 4 members (excludes halogenated alkanes) is 2. The van der Waals surface area contributed by atoms with Crippen LogP contribution in [0.3, 0.4) is 0 Å². The van der Waals surface area contributed by atoms with E-state index in [1.54, 1.807) is 23.1 Å². The number of benzene rings is 3. The van der Waals surface area contributed by atoms with E-state index < -0.39 is 31.7 Å². The first-order valence-corrected chi connectivity index (χ1v) is 25.7. The standard InChI is InChI=1S/C43H51N3O9S5.Na/c1-5-44-41(47)40(58-42(44)32(21-24-54-6-2)43-46(23-14-16-26-60(51,52)53)34-19-11-12-20-37(34)57-43)33(31-17-9-8-10-18-31)28-39-45(22-13-15-25-59(48,49)50)35-29-36(55-7-3)30(4)27-38(35)56-39;/h8-12,17-20,27-29H,5-7,13-16,21-26H2,1-4H3,(H-,48,49,50,51,52,53);/q;+1/p-1. The fourth-order valence-electron chi connectivity index (χ4n) is 7.20. The number of ether oxygens (including phenoxy) is 2. The number of thiazole rings is 2. The number of nitrogens with zero attached hydrogens (tertiary/aromatic N) is 3. The van der Waals surface area contributed by atoms with Gasteiger partial charge < -0.3 is 23.5 Å². The second-order valence-corrected chi connectivity index (χ2v) is 20.3. The number of fused-ring (bicyclic) bond motifs is 2. The van der Waals surface area contributed by atoms with Gasteiger partial charge in [-0.2, -0.15) is 4.57 Å². The zero-order chi connectivity index (χ0) is 43.0. The van der Waals surface area contributed by atoms with E-state index in [9.17, 15) is 30.7 Å². The number of hydrogen-bond donors (Lipinski definition) is 0. The number of allylic oxidation sites excluding steroid dienone is 1. The monoisotopic (exact) mass is 935 g/mol. The molecule has 1 aliphatic rings. The quantitative estimate of drug-likeness (QED) is 0.0489. The van der Waals surface area contributed by atoms with Crippen LogP contribution in [0.1, 0.15) is 69.0 Å². The summed E-state index contributed by atoms with van der Waals surface area (Å²) in [7, 11) is -8.71. The molecule has 5 aromatic rings.